The van der Waals surface area contributed by atoms with Gasteiger partial charge in [-0.05, 0) is 35.0 Å². The quantitative estimate of drug-likeness (QED) is 0.662. The highest BCUT2D eigenvalue weighted by Crippen LogP contribution is 2.09. The summed E-state index contributed by atoms with van der Waals surface area (Å²) in [6.45, 7) is 3.25. The number of rotatable bonds is 6. The van der Waals surface area contributed by atoms with Crippen molar-refractivity contribution in [3.63, 3.8) is 0 Å². The van der Waals surface area contributed by atoms with Crippen LogP contribution in [0.3, 0.4) is 0 Å². The minimum Gasteiger partial charge on any atom is -0.352 e. The molecule has 0 saturated heterocycles. The van der Waals surface area contributed by atoms with E-state index in [1.165, 1.54) is 0 Å². The lowest BCUT2D eigenvalue weighted by Gasteiger charge is -2.08. The van der Waals surface area contributed by atoms with Crippen LogP contribution in [0.15, 0.2) is 42.7 Å². The Labute approximate surface area is 127 Å². The highest BCUT2D eigenvalue weighted by Gasteiger charge is 2.06. The van der Waals surface area contributed by atoms with Crippen molar-refractivity contribution in [2.24, 2.45) is 0 Å². The molecule has 22 heavy (non-hydrogen) atoms. The van der Waals surface area contributed by atoms with Crippen molar-refractivity contribution >= 4 is 11.9 Å². The van der Waals surface area contributed by atoms with Crippen LogP contribution in [0.1, 0.15) is 5.56 Å². The number of benzene rings is 1. The first-order chi connectivity index (χ1) is 10.8. The molecule has 2 N–H and O–H groups in total. The van der Waals surface area contributed by atoms with Gasteiger partial charge >= 0.3 is 0 Å². The van der Waals surface area contributed by atoms with E-state index in [-0.39, 0.29) is 0 Å². The number of nitrogens with zero attached hydrogens (tertiary/aromatic N) is 6. The van der Waals surface area contributed by atoms with Crippen LogP contribution in [0.25, 0.3) is 5.69 Å². The predicted octanol–water partition coefficient (Wildman–Crippen LogP) is 1.28. The van der Waals surface area contributed by atoms with E-state index in [0.29, 0.717) is 25.0 Å². The summed E-state index contributed by atoms with van der Waals surface area (Å²) in [5.41, 5.74) is 1.94. The Hall–Kier alpha value is -3.03. The molecule has 3 rings (SSSR count). The van der Waals surface area contributed by atoms with Crippen LogP contribution in [-0.2, 0) is 0 Å². The van der Waals surface area contributed by atoms with Crippen molar-refractivity contribution in [2.75, 3.05) is 23.7 Å². The molecule has 0 bridgehead atoms. The van der Waals surface area contributed by atoms with Crippen LogP contribution < -0.4 is 10.6 Å². The van der Waals surface area contributed by atoms with E-state index in [1.807, 2.05) is 37.3 Å². The van der Waals surface area contributed by atoms with Crippen LogP contribution in [0.5, 0.6) is 0 Å². The van der Waals surface area contributed by atoms with Gasteiger partial charge in [-0.1, -0.05) is 23.3 Å². The Morgan fingerprint density at radius 1 is 1.00 bits per heavy atom. The summed E-state index contributed by atoms with van der Waals surface area (Å²) in [7, 11) is 0. The van der Waals surface area contributed by atoms with Crippen LogP contribution in [0.2, 0.25) is 0 Å². The molecule has 0 radical (unpaired) electrons. The maximum Gasteiger partial charge on any atom is 0.247 e. The molecule has 8 nitrogen and oxygen atoms in total. The van der Waals surface area contributed by atoms with Crippen molar-refractivity contribution < 1.29 is 0 Å². The average molecular weight is 296 g/mol. The molecule has 2 aromatic heterocycles. The van der Waals surface area contributed by atoms with Gasteiger partial charge in [-0.3, -0.25) is 0 Å². The fraction of sp³-hybridized carbons (Fsp3) is 0.214. The minimum atomic E-state index is 0.595. The molecular formula is C14H16N8. The van der Waals surface area contributed by atoms with Gasteiger partial charge in [0.15, 0.2) is 0 Å². The zero-order chi connectivity index (χ0) is 15.2. The zero-order valence-electron chi connectivity index (χ0n) is 12.1. The first-order valence-corrected chi connectivity index (χ1v) is 6.93. The van der Waals surface area contributed by atoms with Gasteiger partial charge in [-0.15, -0.1) is 0 Å². The highest BCUT2D eigenvalue weighted by molar-refractivity contribution is 5.38. The number of tetrazole rings is 1. The van der Waals surface area contributed by atoms with Gasteiger partial charge in [0.25, 0.3) is 0 Å². The number of aryl methyl sites for hydroxylation is 1. The molecule has 1 aromatic carbocycles. The first kappa shape index (κ1) is 13.9. The summed E-state index contributed by atoms with van der Waals surface area (Å²) in [5, 5.41) is 18.0. The lowest BCUT2D eigenvalue weighted by Crippen LogP contribution is -2.17. The summed E-state index contributed by atoms with van der Waals surface area (Å²) in [6.07, 6.45) is 3.55. The fourth-order valence-electron chi connectivity index (χ4n) is 1.87. The van der Waals surface area contributed by atoms with E-state index >= 15 is 0 Å². The predicted molar refractivity (Wildman–Crippen MR) is 82.9 cm³/mol. The Morgan fingerprint density at radius 2 is 1.73 bits per heavy atom. The highest BCUT2D eigenvalue weighted by atomic mass is 15.6. The smallest absolute Gasteiger partial charge is 0.247 e. The molecule has 0 aliphatic carbocycles. The maximum absolute atomic E-state index is 4.18. The molecule has 0 aliphatic rings. The van der Waals surface area contributed by atoms with Gasteiger partial charge in [0.2, 0.25) is 11.9 Å². The molecule has 0 atom stereocenters. The number of hydrogen-bond donors (Lipinski definition) is 2. The molecule has 8 heteroatoms. The second-order valence-corrected chi connectivity index (χ2v) is 4.69. The molecule has 0 aliphatic heterocycles. The zero-order valence-corrected chi connectivity index (χ0v) is 12.1. The summed E-state index contributed by atoms with van der Waals surface area (Å²) in [6, 6.07) is 9.72. The second kappa shape index (κ2) is 6.61. The molecular weight excluding hydrogens is 280 g/mol. The summed E-state index contributed by atoms with van der Waals surface area (Å²) < 4.78 is 1.66. The van der Waals surface area contributed by atoms with Gasteiger partial charge in [0, 0.05) is 25.5 Å². The van der Waals surface area contributed by atoms with Gasteiger partial charge < -0.3 is 10.6 Å². The topological polar surface area (TPSA) is 93.4 Å². The first-order valence-electron chi connectivity index (χ1n) is 6.93. The largest absolute Gasteiger partial charge is 0.352 e. The van der Waals surface area contributed by atoms with E-state index in [2.05, 4.69) is 36.1 Å². The number of anilines is 2. The van der Waals surface area contributed by atoms with Gasteiger partial charge in [-0.2, -0.15) is 4.68 Å². The van der Waals surface area contributed by atoms with Gasteiger partial charge in [0.1, 0.15) is 0 Å². The number of para-hydroxylation sites is 1. The average Bonchev–Trinajstić information content (AvgIpc) is 3.02. The molecule has 0 saturated carbocycles. The standard InChI is InChI=1S/C14H16N8/c1-11-9-17-13(18-10-11)15-7-8-16-14-19-20-21-22(14)12-5-3-2-4-6-12/h2-6,9-10H,7-8H2,1H3,(H,15,17,18)(H,16,19,21). The molecule has 0 fully saturated rings. The van der Waals surface area contributed by atoms with Crippen molar-refractivity contribution in [1.29, 1.82) is 0 Å². The summed E-state index contributed by atoms with van der Waals surface area (Å²) >= 11 is 0. The monoisotopic (exact) mass is 296 g/mol. The van der Waals surface area contributed by atoms with Gasteiger partial charge in [0.05, 0.1) is 5.69 Å². The third kappa shape index (κ3) is 3.35. The van der Waals surface area contributed by atoms with Crippen LogP contribution in [0, 0.1) is 6.92 Å². The second-order valence-electron chi connectivity index (χ2n) is 4.69. The normalized spacial score (nSPS) is 10.4. The van der Waals surface area contributed by atoms with E-state index in [1.54, 1.807) is 17.1 Å². The lowest BCUT2D eigenvalue weighted by atomic mass is 10.3. The Bertz CT molecular complexity index is 707. The summed E-state index contributed by atoms with van der Waals surface area (Å²) in [5.74, 6) is 1.20. The van der Waals surface area contributed by atoms with E-state index in [0.717, 1.165) is 11.3 Å². The Balaban J connectivity index is 1.54. The number of aromatic nitrogens is 6. The maximum atomic E-state index is 4.18. The SMILES string of the molecule is Cc1cnc(NCCNc2nnnn2-c2ccccc2)nc1. The fourth-order valence-corrected chi connectivity index (χ4v) is 1.87. The molecule has 0 amide bonds. The third-order valence-corrected chi connectivity index (χ3v) is 2.94. The molecule has 2 heterocycles. The van der Waals surface area contributed by atoms with Crippen LogP contribution in [0.4, 0.5) is 11.9 Å². The molecule has 112 valence electrons. The molecule has 3 aromatic rings. The van der Waals surface area contributed by atoms with Crippen LogP contribution >= 0.6 is 0 Å². The van der Waals surface area contributed by atoms with E-state index in [4.69, 9.17) is 0 Å². The Kier molecular flexibility index (Phi) is 4.19. The van der Waals surface area contributed by atoms with Crippen LogP contribution in [-0.4, -0.2) is 43.3 Å². The third-order valence-electron chi connectivity index (χ3n) is 2.94. The van der Waals surface area contributed by atoms with E-state index in [9.17, 15) is 0 Å². The van der Waals surface area contributed by atoms with Crippen molar-refractivity contribution in [1.82, 2.24) is 30.2 Å². The van der Waals surface area contributed by atoms with Crippen molar-refractivity contribution in [2.45, 2.75) is 6.92 Å². The number of hydrogen-bond acceptors (Lipinski definition) is 7. The number of nitrogens with one attached hydrogen (secondary N) is 2. The Morgan fingerprint density at radius 3 is 2.50 bits per heavy atom. The van der Waals surface area contributed by atoms with E-state index < -0.39 is 0 Å². The molecule has 0 spiro atoms. The van der Waals surface area contributed by atoms with Crippen molar-refractivity contribution in [3.8, 4) is 5.69 Å². The van der Waals surface area contributed by atoms with Crippen molar-refractivity contribution in [3.05, 3.63) is 48.3 Å². The van der Waals surface area contributed by atoms with Gasteiger partial charge in [-0.25, -0.2) is 9.97 Å². The lowest BCUT2D eigenvalue weighted by molar-refractivity contribution is 0.789. The summed E-state index contributed by atoms with van der Waals surface area (Å²) in [4.78, 5) is 8.36. The minimum absolute atomic E-state index is 0.595. The molecule has 0 unspecified atom stereocenters.